The Balaban J connectivity index is 1.49. The van der Waals surface area contributed by atoms with E-state index in [-0.39, 0.29) is 0 Å². The van der Waals surface area contributed by atoms with E-state index in [1.165, 1.54) is 62.5 Å². The van der Waals surface area contributed by atoms with Crippen LogP contribution in [0.25, 0.3) is 11.1 Å². The molecule has 2 aromatic rings. The van der Waals surface area contributed by atoms with Crippen LogP contribution in [-0.4, -0.2) is 10.2 Å². The summed E-state index contributed by atoms with van der Waals surface area (Å²) in [6.45, 7) is 9.22. The highest BCUT2D eigenvalue weighted by molar-refractivity contribution is 5.72. The SMILES string of the molecule is C[C@H](c1cc(-c2cc([C@@H](C)C3CC3)c(O)c([C@H](C)C3CC3)c2)cc([C@H](C)C2CC2)c1O)C1CC1. The molecule has 0 spiro atoms. The van der Waals surface area contributed by atoms with Gasteiger partial charge in [-0.25, -0.2) is 0 Å². The van der Waals surface area contributed by atoms with Gasteiger partial charge in [-0.1, -0.05) is 27.7 Å². The van der Waals surface area contributed by atoms with Gasteiger partial charge in [0, 0.05) is 0 Å². The maximum Gasteiger partial charge on any atom is 0.122 e. The summed E-state index contributed by atoms with van der Waals surface area (Å²) >= 11 is 0. The van der Waals surface area contributed by atoms with Crippen LogP contribution in [0.2, 0.25) is 0 Å². The fourth-order valence-electron chi connectivity index (χ4n) is 6.48. The highest BCUT2D eigenvalue weighted by atomic mass is 16.3. The summed E-state index contributed by atoms with van der Waals surface area (Å²) in [6, 6.07) is 9.13. The van der Waals surface area contributed by atoms with Gasteiger partial charge in [-0.05, 0) is 156 Å². The van der Waals surface area contributed by atoms with Crippen molar-refractivity contribution in [3.05, 3.63) is 46.5 Å². The normalized spacial score (nSPS) is 24.0. The first-order valence-corrected chi connectivity index (χ1v) is 14.1. The number of rotatable bonds is 9. The molecule has 0 aliphatic heterocycles. The Bertz CT molecular complexity index is 919. The minimum atomic E-state index is 0.400. The van der Waals surface area contributed by atoms with Gasteiger partial charge in [-0.2, -0.15) is 0 Å². The maximum atomic E-state index is 11.4. The van der Waals surface area contributed by atoms with Crippen LogP contribution in [0, 0.1) is 23.7 Å². The van der Waals surface area contributed by atoms with Crippen molar-refractivity contribution in [2.24, 2.45) is 23.7 Å². The Morgan fingerprint density at radius 3 is 0.853 bits per heavy atom. The minimum Gasteiger partial charge on any atom is -0.507 e. The van der Waals surface area contributed by atoms with Crippen LogP contribution < -0.4 is 0 Å². The van der Waals surface area contributed by atoms with Crippen molar-refractivity contribution in [1.82, 2.24) is 0 Å². The van der Waals surface area contributed by atoms with Gasteiger partial charge in [0.15, 0.2) is 0 Å². The van der Waals surface area contributed by atoms with Crippen LogP contribution in [0.1, 0.15) is 125 Å². The first kappa shape index (κ1) is 22.5. The van der Waals surface area contributed by atoms with Crippen molar-refractivity contribution in [2.75, 3.05) is 0 Å². The summed E-state index contributed by atoms with van der Waals surface area (Å²) in [5.74, 6) is 5.55. The number of hydrogen-bond acceptors (Lipinski definition) is 2. The molecule has 0 amide bonds. The molecule has 2 N–H and O–H groups in total. The summed E-state index contributed by atoms with van der Waals surface area (Å²) < 4.78 is 0. The lowest BCUT2D eigenvalue weighted by Crippen LogP contribution is -2.05. The quantitative estimate of drug-likeness (QED) is 0.394. The Labute approximate surface area is 205 Å². The van der Waals surface area contributed by atoms with E-state index in [4.69, 9.17) is 0 Å². The fourth-order valence-corrected chi connectivity index (χ4v) is 6.48. The molecule has 0 aromatic heterocycles. The fraction of sp³-hybridized carbons (Fsp3) is 0.625. The molecule has 0 bridgehead atoms. The molecule has 182 valence electrons. The van der Waals surface area contributed by atoms with Crippen molar-refractivity contribution in [3.8, 4) is 22.6 Å². The number of hydrogen-bond donors (Lipinski definition) is 2. The lowest BCUT2D eigenvalue weighted by atomic mass is 9.82. The van der Waals surface area contributed by atoms with Crippen molar-refractivity contribution >= 4 is 0 Å². The van der Waals surface area contributed by atoms with E-state index in [0.717, 1.165) is 22.3 Å². The van der Waals surface area contributed by atoms with Crippen molar-refractivity contribution in [1.29, 1.82) is 0 Å². The summed E-state index contributed by atoms with van der Waals surface area (Å²) in [7, 11) is 0. The molecule has 2 nitrogen and oxygen atoms in total. The molecule has 2 aromatic carbocycles. The summed E-state index contributed by atoms with van der Waals surface area (Å²) in [4.78, 5) is 0. The van der Waals surface area contributed by atoms with Crippen molar-refractivity contribution in [2.45, 2.75) is 103 Å². The number of aromatic hydroxyl groups is 2. The summed E-state index contributed by atoms with van der Waals surface area (Å²) in [5.41, 5.74) is 7.04. The highest BCUT2D eigenvalue weighted by Gasteiger charge is 2.37. The zero-order valence-corrected chi connectivity index (χ0v) is 21.5. The predicted molar refractivity (Wildman–Crippen MR) is 140 cm³/mol. The lowest BCUT2D eigenvalue weighted by molar-refractivity contribution is 0.442. The first-order chi connectivity index (χ1) is 16.3. The van der Waals surface area contributed by atoms with Gasteiger partial charge in [-0.15, -0.1) is 0 Å². The van der Waals surface area contributed by atoms with Gasteiger partial charge in [-0.3, -0.25) is 0 Å². The second-order valence-electron chi connectivity index (χ2n) is 12.5. The van der Waals surface area contributed by atoms with Crippen LogP contribution in [0.3, 0.4) is 0 Å². The molecule has 4 atom stereocenters. The lowest BCUT2D eigenvalue weighted by Gasteiger charge is -2.24. The smallest absolute Gasteiger partial charge is 0.122 e. The van der Waals surface area contributed by atoms with E-state index in [1.54, 1.807) is 0 Å². The first-order valence-electron chi connectivity index (χ1n) is 14.1. The average molecular weight is 459 g/mol. The molecule has 4 fully saturated rings. The summed E-state index contributed by atoms with van der Waals surface area (Å²) in [5, 5.41) is 22.8. The van der Waals surface area contributed by atoms with Gasteiger partial charge in [0.05, 0.1) is 0 Å². The van der Waals surface area contributed by atoms with E-state index >= 15 is 0 Å². The molecule has 4 saturated carbocycles. The average Bonchev–Trinajstić information content (AvgIpc) is 3.68. The molecular formula is C32H42O2. The molecule has 4 aliphatic rings. The van der Waals surface area contributed by atoms with E-state index in [1.807, 2.05) is 0 Å². The molecule has 6 rings (SSSR count). The van der Waals surface area contributed by atoms with Gasteiger partial charge in [0.2, 0.25) is 0 Å². The summed E-state index contributed by atoms with van der Waals surface area (Å²) in [6.07, 6.45) is 10.3. The third kappa shape index (κ3) is 4.16. The van der Waals surface area contributed by atoms with E-state index < -0.39 is 0 Å². The van der Waals surface area contributed by atoms with Crippen molar-refractivity contribution < 1.29 is 10.2 Å². The monoisotopic (exact) mass is 458 g/mol. The molecule has 4 aliphatic carbocycles. The van der Waals surface area contributed by atoms with E-state index in [9.17, 15) is 10.2 Å². The van der Waals surface area contributed by atoms with Gasteiger partial charge >= 0.3 is 0 Å². The van der Waals surface area contributed by atoms with Crippen LogP contribution in [0.5, 0.6) is 11.5 Å². The van der Waals surface area contributed by atoms with E-state index in [0.29, 0.717) is 58.8 Å². The standard InChI is InChI=1S/C32H42O2/c1-17(21-5-6-21)27-13-25(14-28(31(27)33)18(2)22-7-8-22)26-15-29(19(3)23-9-10-23)32(34)30(16-26)20(4)24-11-12-24/h13-24,33-34H,5-12H2,1-4H3/t17-,18+,19-,20+. The second-order valence-corrected chi connectivity index (χ2v) is 12.5. The van der Waals surface area contributed by atoms with Crippen LogP contribution in [-0.2, 0) is 0 Å². The maximum absolute atomic E-state index is 11.4. The molecule has 2 heteroatoms. The van der Waals surface area contributed by atoms with Crippen LogP contribution >= 0.6 is 0 Å². The Morgan fingerprint density at radius 2 is 0.676 bits per heavy atom. The molecule has 0 heterocycles. The van der Waals surface area contributed by atoms with Crippen LogP contribution in [0.15, 0.2) is 24.3 Å². The highest BCUT2D eigenvalue weighted by Crippen LogP contribution is 2.53. The third-order valence-electron chi connectivity index (χ3n) is 9.95. The molecule has 0 saturated heterocycles. The predicted octanol–water partition coefficient (Wildman–Crippen LogP) is 8.82. The molecule has 0 radical (unpaired) electrons. The van der Waals surface area contributed by atoms with Crippen LogP contribution in [0.4, 0.5) is 0 Å². The van der Waals surface area contributed by atoms with E-state index in [2.05, 4.69) is 52.0 Å². The topological polar surface area (TPSA) is 40.5 Å². The number of phenols is 2. The minimum absolute atomic E-state index is 0.400. The Hall–Kier alpha value is -1.96. The number of benzene rings is 2. The zero-order chi connectivity index (χ0) is 23.7. The third-order valence-corrected chi connectivity index (χ3v) is 9.95. The molecule has 34 heavy (non-hydrogen) atoms. The van der Waals surface area contributed by atoms with Gasteiger partial charge in [0.25, 0.3) is 0 Å². The Kier molecular flexibility index (Phi) is 5.50. The van der Waals surface area contributed by atoms with Gasteiger partial charge in [0.1, 0.15) is 11.5 Å². The van der Waals surface area contributed by atoms with Gasteiger partial charge < -0.3 is 10.2 Å². The Morgan fingerprint density at radius 1 is 0.471 bits per heavy atom. The zero-order valence-electron chi connectivity index (χ0n) is 21.5. The number of phenolic OH excluding ortho intramolecular Hbond substituents is 2. The molecule has 0 unspecified atom stereocenters. The second kappa shape index (κ2) is 8.32. The molecular weight excluding hydrogens is 416 g/mol. The largest absolute Gasteiger partial charge is 0.507 e. The van der Waals surface area contributed by atoms with Crippen molar-refractivity contribution in [3.63, 3.8) is 0 Å².